The lowest BCUT2D eigenvalue weighted by molar-refractivity contribution is -0.174. The molecule has 4 aliphatic carbocycles. The molecule has 4 rings (SSSR count). The first kappa shape index (κ1) is 20.7. The van der Waals surface area contributed by atoms with E-state index in [1.54, 1.807) is 0 Å². The van der Waals surface area contributed by atoms with Crippen molar-refractivity contribution >= 4 is 5.91 Å². The van der Waals surface area contributed by atoms with Crippen molar-refractivity contribution in [1.82, 2.24) is 0 Å². The highest BCUT2D eigenvalue weighted by molar-refractivity contribution is 5.73. The first-order chi connectivity index (χ1) is 13.2. The Labute approximate surface area is 170 Å². The van der Waals surface area contributed by atoms with Crippen molar-refractivity contribution in [2.45, 2.75) is 97.2 Å². The fraction of sp³-hybridized carbons (Fsp3) is 0.958. The third-order valence-corrected chi connectivity index (χ3v) is 10.4. The summed E-state index contributed by atoms with van der Waals surface area (Å²) in [5, 5.41) is 19.8. The Kier molecular flexibility index (Phi) is 5.36. The molecule has 0 radical (unpaired) electrons. The highest BCUT2D eigenvalue weighted by atomic mass is 16.3. The summed E-state index contributed by atoms with van der Waals surface area (Å²) in [4.78, 5) is 11.3. The first-order valence-corrected chi connectivity index (χ1v) is 11.8. The average molecular weight is 393 g/mol. The van der Waals surface area contributed by atoms with Gasteiger partial charge in [0.15, 0.2) is 6.10 Å². The van der Waals surface area contributed by atoms with Crippen molar-refractivity contribution in [1.29, 1.82) is 0 Å². The van der Waals surface area contributed by atoms with E-state index in [1.165, 1.54) is 32.1 Å². The highest BCUT2D eigenvalue weighted by Gasteiger charge is 2.63. The van der Waals surface area contributed by atoms with Gasteiger partial charge in [-0.1, -0.05) is 20.8 Å². The van der Waals surface area contributed by atoms with Gasteiger partial charge in [0.1, 0.15) is 0 Å². The van der Waals surface area contributed by atoms with Crippen LogP contribution in [0.1, 0.15) is 85.0 Å². The van der Waals surface area contributed by atoms with Crippen LogP contribution in [0.3, 0.4) is 0 Å². The van der Waals surface area contributed by atoms with Crippen LogP contribution in [0.5, 0.6) is 0 Å². The summed E-state index contributed by atoms with van der Waals surface area (Å²) in [6, 6.07) is 0. The molecule has 160 valence electrons. The lowest BCUT2D eigenvalue weighted by Gasteiger charge is -2.62. The zero-order valence-corrected chi connectivity index (χ0v) is 18.1. The number of primary amides is 1. The molecule has 4 heteroatoms. The third kappa shape index (κ3) is 3.05. The highest BCUT2D eigenvalue weighted by Crippen LogP contribution is 2.68. The normalized spacial score (nSPS) is 51.7. The van der Waals surface area contributed by atoms with E-state index in [4.69, 9.17) is 10.8 Å². The van der Waals surface area contributed by atoms with Gasteiger partial charge in [-0.15, -0.1) is 0 Å². The molecule has 0 aliphatic heterocycles. The van der Waals surface area contributed by atoms with Gasteiger partial charge in [0, 0.05) is 19.3 Å². The first-order valence-electron chi connectivity index (χ1n) is 11.8. The quantitative estimate of drug-likeness (QED) is 0.716. The molecule has 0 aromatic carbocycles. The predicted octanol–water partition coefficient (Wildman–Crippen LogP) is 3.61. The minimum absolute atomic E-state index is 0.00590. The van der Waals surface area contributed by atoms with Crippen LogP contribution in [0.2, 0.25) is 0 Å². The van der Waals surface area contributed by atoms with Crippen LogP contribution in [-0.4, -0.2) is 28.3 Å². The van der Waals surface area contributed by atoms with Gasteiger partial charge in [-0.05, 0) is 91.3 Å². The molecule has 0 saturated heterocycles. The van der Waals surface area contributed by atoms with Gasteiger partial charge in [0.2, 0.25) is 5.91 Å². The summed E-state index contributed by atoms with van der Waals surface area (Å²) in [6.45, 7) is 7.14. The maximum atomic E-state index is 11.5. The molecule has 7 unspecified atom stereocenters. The molecule has 28 heavy (non-hydrogen) atoms. The largest absolute Gasteiger partial charge is 0.443 e. The smallest absolute Gasteiger partial charge is 0.217 e. The number of hydrogen-bond donors (Lipinski definition) is 2. The summed E-state index contributed by atoms with van der Waals surface area (Å²) < 4.78 is 0. The fourth-order valence-corrected chi connectivity index (χ4v) is 8.75. The Morgan fingerprint density at radius 1 is 1.14 bits per heavy atom. The molecular weight excluding hydrogens is 350 g/mol. The summed E-state index contributed by atoms with van der Waals surface area (Å²) in [5.41, 5.74) is 5.73. The number of aliphatic hydroxyl groups is 1. The molecule has 0 aromatic heterocycles. The molecule has 4 nitrogen and oxygen atoms in total. The lowest BCUT2D eigenvalue weighted by Crippen LogP contribution is -2.58. The maximum absolute atomic E-state index is 11.5. The van der Waals surface area contributed by atoms with Crippen LogP contribution in [0, 0.1) is 46.3 Å². The van der Waals surface area contributed by atoms with E-state index in [2.05, 4.69) is 20.8 Å². The second-order valence-corrected chi connectivity index (χ2v) is 11.4. The molecule has 0 aromatic rings. The number of hydrogen-bond acceptors (Lipinski definition) is 2. The van der Waals surface area contributed by atoms with E-state index in [-0.39, 0.29) is 23.5 Å². The third-order valence-electron chi connectivity index (χ3n) is 10.4. The Hall–Kier alpha value is -0.610. The van der Waals surface area contributed by atoms with Gasteiger partial charge in [-0.25, -0.2) is 0 Å². The number of carbonyl (C=O) groups is 1. The van der Waals surface area contributed by atoms with E-state index < -0.39 is 0 Å². The topological polar surface area (TPSA) is 86.2 Å². The molecule has 4 aliphatic rings. The summed E-state index contributed by atoms with van der Waals surface area (Å²) in [6.07, 6.45) is 10.5. The van der Waals surface area contributed by atoms with Gasteiger partial charge < -0.3 is 15.9 Å². The average Bonchev–Trinajstić information content (AvgIpc) is 3.00. The number of carbonyl (C=O) groups excluding carboxylic acids is 1. The summed E-state index contributed by atoms with van der Waals surface area (Å²) in [7, 11) is 0. The minimum atomic E-state index is -0.230. The van der Waals surface area contributed by atoms with Crippen molar-refractivity contribution in [2.24, 2.45) is 52.1 Å². The molecule has 0 spiro atoms. The Balaban J connectivity index is 1.56. The molecule has 1 amide bonds. The maximum Gasteiger partial charge on any atom is 0.217 e. The van der Waals surface area contributed by atoms with Gasteiger partial charge in [-0.3, -0.25) is 4.79 Å². The van der Waals surface area contributed by atoms with E-state index in [0.717, 1.165) is 31.6 Å². The van der Waals surface area contributed by atoms with Gasteiger partial charge in [-0.2, -0.15) is 0 Å². The van der Waals surface area contributed by atoms with Crippen molar-refractivity contribution in [3.8, 4) is 0 Å². The SMILES string of the molecule is C[C@H](CCC(N)=O)C1CC[C@H]2C3CCC4CC([OH2+])CCC4(C)C3C[C@H](O)C12C. The van der Waals surface area contributed by atoms with E-state index in [9.17, 15) is 9.90 Å². The van der Waals surface area contributed by atoms with Gasteiger partial charge in [0.25, 0.3) is 0 Å². The molecule has 4 fully saturated rings. The van der Waals surface area contributed by atoms with E-state index in [1.807, 2.05) is 0 Å². The second-order valence-electron chi connectivity index (χ2n) is 11.4. The number of fused-ring (bicyclic) bond motifs is 5. The predicted molar refractivity (Wildman–Crippen MR) is 112 cm³/mol. The fourth-order valence-electron chi connectivity index (χ4n) is 8.75. The van der Waals surface area contributed by atoms with E-state index >= 15 is 0 Å². The van der Waals surface area contributed by atoms with Crippen molar-refractivity contribution in [3.05, 3.63) is 0 Å². The summed E-state index contributed by atoms with van der Waals surface area (Å²) in [5.74, 6) is 3.42. The lowest BCUT2D eigenvalue weighted by atomic mass is 9.43. The Morgan fingerprint density at radius 2 is 1.89 bits per heavy atom. The van der Waals surface area contributed by atoms with Gasteiger partial charge >= 0.3 is 0 Å². The zero-order chi connectivity index (χ0) is 20.3. The zero-order valence-electron chi connectivity index (χ0n) is 18.1. The number of aliphatic hydroxyl groups excluding tert-OH is 1. The molecule has 4 saturated carbocycles. The molecule has 5 N–H and O–H groups in total. The number of rotatable bonds is 4. The second kappa shape index (κ2) is 7.27. The van der Waals surface area contributed by atoms with Crippen LogP contribution in [0.15, 0.2) is 0 Å². The standard InChI is InChI=1S/C24H41NO3/c1-14(4-9-22(25)28)18-7-8-19-17-6-5-15-12-16(26)10-11-23(15,2)20(17)13-21(27)24(18,19)3/h14-21,26-27H,4-13H2,1-3H3,(H2,25,28)/p+1/t14-,15?,16?,17?,18?,19+,20?,21+,23?,24?/m1/s1. The molecule has 0 heterocycles. The van der Waals surface area contributed by atoms with Crippen LogP contribution in [0.25, 0.3) is 0 Å². The van der Waals surface area contributed by atoms with Crippen molar-refractivity contribution < 1.29 is 15.0 Å². The van der Waals surface area contributed by atoms with Crippen molar-refractivity contribution in [2.75, 3.05) is 0 Å². The van der Waals surface area contributed by atoms with Crippen LogP contribution in [0.4, 0.5) is 0 Å². The number of nitrogens with two attached hydrogens (primary N) is 1. The molecule has 0 bridgehead atoms. The summed E-state index contributed by atoms with van der Waals surface area (Å²) >= 11 is 0. The van der Waals surface area contributed by atoms with Crippen LogP contribution < -0.4 is 5.73 Å². The van der Waals surface area contributed by atoms with Crippen molar-refractivity contribution in [3.63, 3.8) is 0 Å². The Bertz CT molecular complexity index is 609. The minimum Gasteiger partial charge on any atom is -0.443 e. The number of amides is 1. The van der Waals surface area contributed by atoms with E-state index in [0.29, 0.717) is 41.4 Å². The van der Waals surface area contributed by atoms with Crippen LogP contribution in [-0.2, 0) is 4.79 Å². The van der Waals surface area contributed by atoms with Gasteiger partial charge in [0.05, 0.1) is 6.10 Å². The monoisotopic (exact) mass is 392 g/mol. The molecular formula is C24H42NO3+. The molecule has 10 atom stereocenters. The van der Waals surface area contributed by atoms with Crippen LogP contribution >= 0.6 is 0 Å². The Morgan fingerprint density at radius 3 is 2.61 bits per heavy atom.